The Labute approximate surface area is 195 Å². The van der Waals surface area contributed by atoms with E-state index in [0.29, 0.717) is 23.5 Å². The second-order valence-corrected chi connectivity index (χ2v) is 14.8. The average Bonchev–Trinajstić information content (AvgIpc) is 3.34. The molecule has 0 unspecified atom stereocenters. The molecule has 178 valence electrons. The lowest BCUT2D eigenvalue weighted by atomic mass is 10.1. The number of nitrogens with zero attached hydrogens (tertiary/aromatic N) is 4. The van der Waals surface area contributed by atoms with E-state index in [2.05, 4.69) is 66.3 Å². The van der Waals surface area contributed by atoms with Crippen molar-refractivity contribution in [2.75, 3.05) is 12.3 Å². The van der Waals surface area contributed by atoms with Gasteiger partial charge >= 0.3 is 0 Å². The van der Waals surface area contributed by atoms with Crippen LogP contribution >= 0.6 is 0 Å². The highest BCUT2D eigenvalue weighted by Gasteiger charge is 2.50. The van der Waals surface area contributed by atoms with E-state index in [4.69, 9.17) is 14.9 Å². The summed E-state index contributed by atoms with van der Waals surface area (Å²) in [6.07, 6.45) is 1.74. The summed E-state index contributed by atoms with van der Waals surface area (Å²) in [6.45, 7) is 11.6. The van der Waals surface area contributed by atoms with Gasteiger partial charge in [0.05, 0.1) is 19.0 Å². The Morgan fingerprint density at radius 3 is 2.58 bits per heavy atom. The van der Waals surface area contributed by atoms with Gasteiger partial charge in [0.25, 0.3) is 0 Å². The summed E-state index contributed by atoms with van der Waals surface area (Å²) >= 11 is 0. The van der Waals surface area contributed by atoms with Crippen molar-refractivity contribution < 1.29 is 14.3 Å². The molecule has 0 amide bonds. The molecule has 0 aliphatic carbocycles. The van der Waals surface area contributed by atoms with Gasteiger partial charge in [-0.05, 0) is 23.7 Å². The fraction of sp³-hybridized carbons (Fsp3) is 0.522. The van der Waals surface area contributed by atoms with Crippen molar-refractivity contribution in [2.24, 2.45) is 0 Å². The summed E-state index contributed by atoms with van der Waals surface area (Å²) in [4.78, 5) is 12.9. The largest absolute Gasteiger partial charge is 0.408 e. The predicted octanol–water partition coefficient (Wildman–Crippen LogP) is 2.85. The monoisotopic (exact) mass is 470 g/mol. The van der Waals surface area contributed by atoms with E-state index in [0.717, 1.165) is 5.56 Å². The Morgan fingerprint density at radius 2 is 1.91 bits per heavy atom. The maximum absolute atomic E-state index is 10.2. The highest BCUT2D eigenvalue weighted by atomic mass is 28.4. The van der Waals surface area contributed by atoms with E-state index < -0.39 is 20.6 Å². The SMILES string of the molecule is CC(C)(C)[Si](C)(C)O[C@@H]1[C@H](NCc2ccccc2)[C@@H](CO)O[C@H]1n1cnc2c(N)ncnc21. The first-order valence-electron chi connectivity index (χ1n) is 11.3. The lowest BCUT2D eigenvalue weighted by Crippen LogP contribution is -2.53. The number of aliphatic hydroxyl groups is 1. The first-order chi connectivity index (χ1) is 15.6. The third-order valence-electron chi connectivity index (χ3n) is 6.81. The van der Waals surface area contributed by atoms with Gasteiger partial charge in [0.15, 0.2) is 26.0 Å². The van der Waals surface area contributed by atoms with Crippen molar-refractivity contribution in [3.05, 3.63) is 48.5 Å². The van der Waals surface area contributed by atoms with Crippen LogP contribution in [0.4, 0.5) is 5.82 Å². The summed E-state index contributed by atoms with van der Waals surface area (Å²) in [5.74, 6) is 0.316. The average molecular weight is 471 g/mol. The Bertz CT molecular complexity index is 1080. The quantitative estimate of drug-likeness (QED) is 0.451. The first kappa shape index (κ1) is 23.8. The fourth-order valence-electron chi connectivity index (χ4n) is 3.89. The molecule has 3 heterocycles. The number of ether oxygens (including phenoxy) is 1. The Kier molecular flexibility index (Phi) is 6.56. The zero-order valence-electron chi connectivity index (χ0n) is 19.9. The van der Waals surface area contributed by atoms with Gasteiger partial charge in [0, 0.05) is 6.54 Å². The minimum Gasteiger partial charge on any atom is -0.408 e. The van der Waals surface area contributed by atoms with Crippen LogP contribution in [0, 0.1) is 0 Å². The zero-order valence-corrected chi connectivity index (χ0v) is 20.9. The number of aliphatic hydroxyl groups excluding tert-OH is 1. The van der Waals surface area contributed by atoms with Crippen LogP contribution in [0.3, 0.4) is 0 Å². The Morgan fingerprint density at radius 1 is 1.18 bits per heavy atom. The van der Waals surface area contributed by atoms with Crippen molar-refractivity contribution >= 4 is 25.3 Å². The molecule has 2 aromatic heterocycles. The van der Waals surface area contributed by atoms with Gasteiger partial charge in [-0.3, -0.25) is 4.57 Å². The van der Waals surface area contributed by atoms with Crippen LogP contribution in [0.1, 0.15) is 32.6 Å². The minimum atomic E-state index is -2.19. The summed E-state index contributed by atoms with van der Waals surface area (Å²) < 4.78 is 15.2. The molecule has 33 heavy (non-hydrogen) atoms. The van der Waals surface area contributed by atoms with Gasteiger partial charge in [-0.2, -0.15) is 0 Å². The number of benzene rings is 1. The Hall–Kier alpha value is -2.37. The zero-order chi connectivity index (χ0) is 23.8. The number of rotatable bonds is 7. The molecular formula is C23H34N6O3Si. The molecule has 4 rings (SSSR count). The van der Waals surface area contributed by atoms with Crippen LogP contribution < -0.4 is 11.1 Å². The lowest BCUT2D eigenvalue weighted by molar-refractivity contribution is -0.0464. The first-order valence-corrected chi connectivity index (χ1v) is 14.2. The van der Waals surface area contributed by atoms with Crippen LogP contribution in [0.15, 0.2) is 43.0 Å². The number of anilines is 1. The van der Waals surface area contributed by atoms with E-state index in [1.54, 1.807) is 6.33 Å². The molecule has 1 aliphatic rings. The van der Waals surface area contributed by atoms with E-state index in [-0.39, 0.29) is 23.8 Å². The molecule has 0 bridgehead atoms. The summed E-state index contributed by atoms with van der Waals surface area (Å²) in [5, 5.41) is 13.8. The van der Waals surface area contributed by atoms with Crippen LogP contribution in [0.2, 0.25) is 18.1 Å². The fourth-order valence-corrected chi connectivity index (χ4v) is 5.19. The summed E-state index contributed by atoms with van der Waals surface area (Å²) in [5.41, 5.74) is 8.26. The molecule has 4 atom stereocenters. The molecule has 4 N–H and O–H groups in total. The van der Waals surface area contributed by atoms with Crippen LogP contribution in [0.25, 0.3) is 11.2 Å². The van der Waals surface area contributed by atoms with Crippen molar-refractivity contribution in [3.8, 4) is 0 Å². The predicted molar refractivity (Wildman–Crippen MR) is 130 cm³/mol. The maximum atomic E-state index is 10.2. The molecule has 1 saturated heterocycles. The normalized spacial score (nSPS) is 23.9. The van der Waals surface area contributed by atoms with Crippen molar-refractivity contribution in [3.63, 3.8) is 0 Å². The number of aromatic nitrogens is 4. The molecule has 9 nitrogen and oxygen atoms in total. The molecule has 1 fully saturated rings. The second kappa shape index (κ2) is 9.11. The van der Waals surface area contributed by atoms with E-state index in [9.17, 15) is 5.11 Å². The molecule has 0 radical (unpaired) electrons. The molecular weight excluding hydrogens is 436 g/mol. The minimum absolute atomic E-state index is 0.00242. The van der Waals surface area contributed by atoms with E-state index in [1.807, 2.05) is 22.8 Å². The summed E-state index contributed by atoms with van der Waals surface area (Å²) in [6, 6.07) is 9.93. The number of fused-ring (bicyclic) bond motifs is 1. The van der Waals surface area contributed by atoms with Gasteiger partial charge in [-0.25, -0.2) is 15.0 Å². The number of nitrogens with one attached hydrogen (secondary N) is 1. The maximum Gasteiger partial charge on any atom is 0.192 e. The van der Waals surface area contributed by atoms with Gasteiger partial charge in [-0.15, -0.1) is 0 Å². The highest BCUT2D eigenvalue weighted by Crippen LogP contribution is 2.42. The van der Waals surface area contributed by atoms with Crippen LogP contribution in [-0.4, -0.2) is 57.8 Å². The number of hydrogen-bond acceptors (Lipinski definition) is 8. The van der Waals surface area contributed by atoms with Crippen molar-refractivity contribution in [1.82, 2.24) is 24.8 Å². The van der Waals surface area contributed by atoms with Crippen LogP contribution in [0.5, 0.6) is 0 Å². The van der Waals surface area contributed by atoms with E-state index in [1.165, 1.54) is 6.33 Å². The molecule has 0 saturated carbocycles. The van der Waals surface area contributed by atoms with Gasteiger partial charge < -0.3 is 25.3 Å². The van der Waals surface area contributed by atoms with Crippen LogP contribution in [-0.2, 0) is 15.7 Å². The molecule has 0 spiro atoms. The van der Waals surface area contributed by atoms with Crippen molar-refractivity contribution in [2.45, 2.75) is 69.9 Å². The van der Waals surface area contributed by atoms with Gasteiger partial charge in [-0.1, -0.05) is 51.1 Å². The second-order valence-electron chi connectivity index (χ2n) is 10.1. The Balaban J connectivity index is 1.71. The molecule has 10 heteroatoms. The van der Waals surface area contributed by atoms with Crippen molar-refractivity contribution in [1.29, 1.82) is 0 Å². The number of nitrogens with two attached hydrogens (primary N) is 1. The standard InChI is InChI=1S/C23H34N6O3Si/c1-23(2,3)33(4,5)32-19-17(25-11-15-9-7-6-8-10-15)16(12-30)31-22(19)29-14-28-18-20(24)26-13-27-21(18)29/h6-10,13-14,16-17,19,22,25,30H,11-12H2,1-5H3,(H2,24,26,27)/t16-,17-,19-,22-/m1/s1. The molecule has 1 aliphatic heterocycles. The topological polar surface area (TPSA) is 120 Å². The lowest BCUT2D eigenvalue weighted by Gasteiger charge is -2.41. The third-order valence-corrected chi connectivity index (χ3v) is 11.3. The van der Waals surface area contributed by atoms with Gasteiger partial charge in [0.2, 0.25) is 0 Å². The highest BCUT2D eigenvalue weighted by molar-refractivity contribution is 6.74. The smallest absolute Gasteiger partial charge is 0.192 e. The van der Waals surface area contributed by atoms with E-state index >= 15 is 0 Å². The number of imidazole rings is 1. The molecule has 3 aromatic rings. The summed E-state index contributed by atoms with van der Waals surface area (Å²) in [7, 11) is -2.19. The number of hydrogen-bond donors (Lipinski definition) is 3. The molecule has 1 aromatic carbocycles. The third kappa shape index (κ3) is 4.66. The number of nitrogen functional groups attached to an aromatic ring is 1. The van der Waals surface area contributed by atoms with Gasteiger partial charge in [0.1, 0.15) is 24.1 Å².